The molecule has 37 heavy (non-hydrogen) atoms. The molecule has 13 heteroatoms. The van der Waals surface area contributed by atoms with Crippen LogP contribution in [0, 0.1) is 5.92 Å². The third kappa shape index (κ3) is 10.3. The number of carbonyl (C=O) groups excluding carboxylic acids is 2. The smallest absolute Gasteiger partial charge is 0.306 e. The summed E-state index contributed by atoms with van der Waals surface area (Å²) in [7, 11) is -3.89. The van der Waals surface area contributed by atoms with Crippen molar-refractivity contribution >= 4 is 21.9 Å². The second-order valence-corrected chi connectivity index (χ2v) is 11.9. The number of rotatable bonds is 11. The molecule has 0 radical (unpaired) electrons. The predicted molar refractivity (Wildman–Crippen MR) is 129 cm³/mol. The van der Waals surface area contributed by atoms with E-state index in [4.69, 9.17) is 9.47 Å². The van der Waals surface area contributed by atoms with E-state index < -0.39 is 45.9 Å². The maximum Gasteiger partial charge on any atom is 0.306 e. The Kier molecular flexibility index (Phi) is 10.5. The van der Waals surface area contributed by atoms with Gasteiger partial charge in [0, 0.05) is 38.4 Å². The van der Waals surface area contributed by atoms with Crippen molar-refractivity contribution in [2.24, 2.45) is 5.92 Å². The molecule has 0 spiro atoms. The molecule has 1 aliphatic heterocycles. The van der Waals surface area contributed by atoms with E-state index in [0.29, 0.717) is 13.3 Å². The first-order valence-electron chi connectivity index (χ1n) is 11.9. The number of carbonyl (C=O) groups is 2. The van der Waals surface area contributed by atoms with Crippen LogP contribution < -0.4 is 10.1 Å². The van der Waals surface area contributed by atoms with E-state index in [-0.39, 0.29) is 61.7 Å². The number of piperidine rings is 1. The number of pyridine rings is 1. The zero-order valence-corrected chi connectivity index (χ0v) is 22.2. The second kappa shape index (κ2) is 12.7. The van der Waals surface area contributed by atoms with Crippen molar-refractivity contribution in [2.45, 2.75) is 69.8 Å². The Hall–Kier alpha value is -2.67. The van der Waals surface area contributed by atoms with Crippen molar-refractivity contribution in [3.05, 3.63) is 30.2 Å². The molecule has 0 atom stereocenters. The highest BCUT2D eigenvalue weighted by Crippen LogP contribution is 2.25. The first-order chi connectivity index (χ1) is 17.1. The van der Waals surface area contributed by atoms with Gasteiger partial charge in [-0.15, -0.1) is 0 Å². The average Bonchev–Trinajstić information content (AvgIpc) is 2.81. The van der Waals surface area contributed by atoms with Crippen LogP contribution in [0.25, 0.3) is 0 Å². The van der Waals surface area contributed by atoms with E-state index in [2.05, 4.69) is 10.3 Å². The molecule has 1 N–H and O–H groups in total. The molecule has 0 saturated carbocycles. The molecule has 1 aliphatic rings. The number of halogens is 3. The largest absolute Gasteiger partial charge is 0.473 e. The van der Waals surface area contributed by atoms with Gasteiger partial charge >= 0.3 is 5.97 Å². The van der Waals surface area contributed by atoms with E-state index in [1.807, 2.05) is 0 Å². The highest BCUT2D eigenvalue weighted by atomic mass is 32.2. The first-order valence-corrected chi connectivity index (χ1v) is 13.3. The molecule has 0 bridgehead atoms. The number of esters is 1. The highest BCUT2D eigenvalue weighted by Gasteiger charge is 2.33. The molecule has 2 heterocycles. The number of nitrogens with zero attached hydrogens (tertiary/aromatic N) is 2. The summed E-state index contributed by atoms with van der Waals surface area (Å²) < 4.78 is 76.8. The van der Waals surface area contributed by atoms with E-state index in [9.17, 15) is 31.2 Å². The van der Waals surface area contributed by atoms with E-state index in [1.165, 1.54) is 16.4 Å². The third-order valence-corrected chi connectivity index (χ3v) is 7.26. The Morgan fingerprint density at radius 1 is 1.16 bits per heavy atom. The van der Waals surface area contributed by atoms with Crippen LogP contribution in [0.5, 0.6) is 5.88 Å². The molecule has 208 valence electrons. The molecule has 1 saturated heterocycles. The quantitative estimate of drug-likeness (QED) is 0.420. The van der Waals surface area contributed by atoms with Gasteiger partial charge in [0.15, 0.2) is 0 Å². The SMILES string of the molecule is CC(F)(F)CNC(=O)C1CCN(S(=O)(=O)c2ccc(OCC(=CF)CCC(=O)OC(C)(C)C)nc2)CC1. The van der Waals surface area contributed by atoms with Crippen LogP contribution in [0.1, 0.15) is 53.4 Å². The zero-order valence-electron chi connectivity index (χ0n) is 21.4. The van der Waals surface area contributed by atoms with E-state index in [1.54, 1.807) is 20.8 Å². The van der Waals surface area contributed by atoms with Crippen molar-refractivity contribution in [2.75, 3.05) is 26.2 Å². The van der Waals surface area contributed by atoms with Gasteiger partial charge in [-0.25, -0.2) is 26.6 Å². The molecular weight excluding hydrogens is 515 g/mol. The number of aromatic nitrogens is 1. The zero-order chi connectivity index (χ0) is 27.9. The van der Waals surface area contributed by atoms with E-state index >= 15 is 0 Å². The minimum atomic E-state index is -3.89. The average molecular weight is 550 g/mol. The van der Waals surface area contributed by atoms with Gasteiger partial charge in [-0.3, -0.25) is 9.59 Å². The second-order valence-electron chi connectivity index (χ2n) is 9.94. The minimum Gasteiger partial charge on any atom is -0.473 e. The molecule has 1 fully saturated rings. The van der Waals surface area contributed by atoms with Crippen molar-refractivity contribution in [3.8, 4) is 5.88 Å². The standard InChI is InChI=1S/C24H34F3N3O6S/c1-23(2,3)36-21(31)8-5-17(13-25)15-35-20-7-6-19(14-28-20)37(33,34)30-11-9-18(10-12-30)22(32)29-16-24(4,26)27/h6-7,13-14,18H,5,8-12,15-16H2,1-4H3,(H,29,32). The van der Waals surface area contributed by atoms with Crippen LogP contribution in [0.2, 0.25) is 0 Å². The lowest BCUT2D eigenvalue weighted by atomic mass is 9.97. The summed E-state index contributed by atoms with van der Waals surface area (Å²) in [5.74, 6) is -4.48. The predicted octanol–water partition coefficient (Wildman–Crippen LogP) is 3.61. The molecule has 0 unspecified atom stereocenters. The van der Waals surface area contributed by atoms with Gasteiger partial charge in [0.25, 0.3) is 5.92 Å². The van der Waals surface area contributed by atoms with Crippen LogP contribution in [0.3, 0.4) is 0 Å². The van der Waals surface area contributed by atoms with Gasteiger partial charge in [0.1, 0.15) is 17.1 Å². The number of hydrogen-bond acceptors (Lipinski definition) is 7. The molecule has 1 amide bonds. The van der Waals surface area contributed by atoms with Gasteiger partial charge in [-0.2, -0.15) is 4.31 Å². The van der Waals surface area contributed by atoms with Crippen LogP contribution in [-0.2, 0) is 24.3 Å². The minimum absolute atomic E-state index is 0.0234. The van der Waals surface area contributed by atoms with Gasteiger partial charge in [0.2, 0.25) is 21.8 Å². The Morgan fingerprint density at radius 2 is 1.81 bits per heavy atom. The number of ether oxygens (including phenoxy) is 2. The number of nitrogens with one attached hydrogen (secondary N) is 1. The fourth-order valence-electron chi connectivity index (χ4n) is 3.48. The summed E-state index contributed by atoms with van der Waals surface area (Å²) >= 11 is 0. The lowest BCUT2D eigenvalue weighted by molar-refractivity contribution is -0.154. The Labute approximate surface area is 215 Å². The van der Waals surface area contributed by atoms with Crippen molar-refractivity contribution in [3.63, 3.8) is 0 Å². The Morgan fingerprint density at radius 3 is 2.32 bits per heavy atom. The van der Waals surface area contributed by atoms with E-state index in [0.717, 1.165) is 6.20 Å². The normalized spacial score (nSPS) is 16.4. The van der Waals surface area contributed by atoms with Crippen molar-refractivity contribution in [1.29, 1.82) is 0 Å². The monoisotopic (exact) mass is 549 g/mol. The van der Waals surface area contributed by atoms with Gasteiger partial charge in [0.05, 0.1) is 19.1 Å². The summed E-state index contributed by atoms with van der Waals surface area (Å²) in [6, 6.07) is 2.64. The highest BCUT2D eigenvalue weighted by molar-refractivity contribution is 7.89. The maximum absolute atomic E-state index is 13.2. The third-order valence-electron chi connectivity index (χ3n) is 5.37. The van der Waals surface area contributed by atoms with Crippen molar-refractivity contribution in [1.82, 2.24) is 14.6 Å². The molecule has 9 nitrogen and oxygen atoms in total. The Balaban J connectivity index is 1.86. The van der Waals surface area contributed by atoms with Gasteiger partial charge in [-0.1, -0.05) is 0 Å². The Bertz CT molecular complexity index is 1060. The summed E-state index contributed by atoms with van der Waals surface area (Å²) in [4.78, 5) is 27.8. The fraction of sp³-hybridized carbons (Fsp3) is 0.625. The molecule has 0 aromatic carbocycles. The fourth-order valence-corrected chi connectivity index (χ4v) is 4.89. The summed E-state index contributed by atoms with van der Waals surface area (Å²) in [6.45, 7) is 5.07. The topological polar surface area (TPSA) is 115 Å². The van der Waals surface area contributed by atoms with Crippen LogP contribution >= 0.6 is 0 Å². The lowest BCUT2D eigenvalue weighted by Crippen LogP contribution is -2.44. The van der Waals surface area contributed by atoms with Gasteiger partial charge < -0.3 is 14.8 Å². The summed E-state index contributed by atoms with van der Waals surface area (Å²) in [5, 5.41) is 2.20. The molecule has 1 aromatic heterocycles. The van der Waals surface area contributed by atoms with Crippen LogP contribution in [0.15, 0.2) is 35.1 Å². The van der Waals surface area contributed by atoms with Gasteiger partial charge in [-0.05, 0) is 51.7 Å². The number of hydrogen-bond donors (Lipinski definition) is 1. The molecule has 1 aromatic rings. The van der Waals surface area contributed by atoms with Crippen LogP contribution in [-0.4, -0.2) is 67.3 Å². The number of sulfonamides is 1. The number of amides is 1. The maximum atomic E-state index is 13.2. The summed E-state index contributed by atoms with van der Waals surface area (Å²) in [6.07, 6.45) is 1.94. The lowest BCUT2D eigenvalue weighted by Gasteiger charge is -2.30. The summed E-state index contributed by atoms with van der Waals surface area (Å²) in [5.41, 5.74) is -0.433. The number of alkyl halides is 2. The van der Waals surface area contributed by atoms with Crippen LogP contribution in [0.4, 0.5) is 13.2 Å². The molecule has 0 aliphatic carbocycles. The molecular formula is C24H34F3N3O6S. The first kappa shape index (κ1) is 30.6. The molecule has 2 rings (SSSR count). The van der Waals surface area contributed by atoms with Crippen molar-refractivity contribution < 1.29 is 40.7 Å².